The first-order valence-corrected chi connectivity index (χ1v) is 8.22. The maximum absolute atomic E-state index is 13.0. The Labute approximate surface area is 137 Å². The van der Waals surface area contributed by atoms with E-state index in [-0.39, 0.29) is 17.9 Å². The minimum absolute atomic E-state index is 0.00245. The third-order valence-electron chi connectivity index (χ3n) is 5.56. The molecule has 1 aromatic rings. The van der Waals surface area contributed by atoms with Gasteiger partial charge in [-0.05, 0) is 55.7 Å². The van der Waals surface area contributed by atoms with Crippen molar-refractivity contribution < 1.29 is 19.4 Å². The quantitative estimate of drug-likeness (QED) is 0.875. The number of hydrogen-bond donors (Lipinski definition) is 2. The number of benzene rings is 1. The predicted octanol–water partition coefficient (Wildman–Crippen LogP) is 2.51. The lowest BCUT2D eigenvalue weighted by Crippen LogP contribution is -2.34. The van der Waals surface area contributed by atoms with Crippen LogP contribution >= 0.6 is 0 Å². The molecule has 1 aliphatic carbocycles. The Morgan fingerprint density at radius 3 is 2.78 bits per heavy atom. The van der Waals surface area contributed by atoms with Crippen molar-refractivity contribution in [2.45, 2.75) is 32.6 Å². The summed E-state index contributed by atoms with van der Waals surface area (Å²) < 4.78 is 10.8. The fourth-order valence-electron chi connectivity index (χ4n) is 4.09. The van der Waals surface area contributed by atoms with Crippen molar-refractivity contribution in [2.75, 3.05) is 32.2 Å². The number of hydrogen-bond acceptors (Lipinski definition) is 4. The molecule has 1 aliphatic heterocycles. The van der Waals surface area contributed by atoms with Crippen LogP contribution in [0.4, 0.5) is 5.69 Å². The molecule has 0 aromatic heterocycles. The molecule has 2 N–H and O–H groups in total. The van der Waals surface area contributed by atoms with Gasteiger partial charge in [0, 0.05) is 19.8 Å². The molecule has 3 rings (SSSR count). The van der Waals surface area contributed by atoms with E-state index in [2.05, 4.69) is 5.32 Å². The second-order valence-electron chi connectivity index (χ2n) is 6.78. The van der Waals surface area contributed by atoms with E-state index in [1.807, 2.05) is 25.1 Å². The molecule has 2 aliphatic rings. The Morgan fingerprint density at radius 1 is 1.39 bits per heavy atom. The molecule has 1 unspecified atom stereocenters. The lowest BCUT2D eigenvalue weighted by atomic mass is 9.83. The van der Waals surface area contributed by atoms with Gasteiger partial charge in [-0.25, -0.2) is 0 Å². The van der Waals surface area contributed by atoms with Crippen LogP contribution in [0.3, 0.4) is 0 Å². The smallest absolute Gasteiger partial charge is 0.231 e. The second-order valence-corrected chi connectivity index (χ2v) is 6.78. The highest BCUT2D eigenvalue weighted by Crippen LogP contribution is 2.71. The van der Waals surface area contributed by atoms with Crippen LogP contribution in [0.2, 0.25) is 0 Å². The molecule has 1 spiro atoms. The minimum Gasteiger partial charge on any atom is -0.495 e. The van der Waals surface area contributed by atoms with Crippen LogP contribution in [0.5, 0.6) is 5.75 Å². The maximum atomic E-state index is 13.0. The van der Waals surface area contributed by atoms with Crippen molar-refractivity contribution in [1.29, 1.82) is 0 Å². The number of nitrogens with one attached hydrogen (secondary N) is 1. The van der Waals surface area contributed by atoms with Crippen molar-refractivity contribution in [1.82, 2.24) is 0 Å². The van der Waals surface area contributed by atoms with Crippen LogP contribution < -0.4 is 10.1 Å². The van der Waals surface area contributed by atoms with Crippen LogP contribution in [-0.4, -0.2) is 37.9 Å². The molecule has 1 heterocycles. The summed E-state index contributed by atoms with van der Waals surface area (Å²) >= 11 is 0. The molecule has 5 heteroatoms. The molecule has 0 radical (unpaired) electrons. The van der Waals surface area contributed by atoms with Crippen molar-refractivity contribution in [2.24, 2.45) is 10.8 Å². The van der Waals surface area contributed by atoms with Gasteiger partial charge >= 0.3 is 0 Å². The first-order valence-electron chi connectivity index (χ1n) is 8.22. The summed E-state index contributed by atoms with van der Waals surface area (Å²) in [6.45, 7) is 3.42. The molecule has 23 heavy (non-hydrogen) atoms. The number of rotatable bonds is 5. The number of aliphatic hydroxyl groups is 1. The number of amides is 1. The van der Waals surface area contributed by atoms with E-state index in [0.29, 0.717) is 31.1 Å². The Bertz CT molecular complexity index is 595. The number of aliphatic hydroxyl groups excluding tert-OH is 1. The fourth-order valence-corrected chi connectivity index (χ4v) is 4.09. The molecular formula is C18H25NO4. The van der Waals surface area contributed by atoms with Gasteiger partial charge < -0.3 is 19.9 Å². The average molecular weight is 319 g/mol. The molecule has 1 saturated heterocycles. The first-order chi connectivity index (χ1) is 11.1. The summed E-state index contributed by atoms with van der Waals surface area (Å²) in [4.78, 5) is 13.0. The van der Waals surface area contributed by atoms with Crippen molar-refractivity contribution >= 4 is 11.6 Å². The monoisotopic (exact) mass is 319 g/mol. The number of methoxy groups -OCH3 is 1. The van der Waals surface area contributed by atoms with Crippen LogP contribution in [0, 0.1) is 17.8 Å². The van der Waals surface area contributed by atoms with Gasteiger partial charge in [0.05, 0.1) is 18.2 Å². The molecular weight excluding hydrogens is 294 g/mol. The van der Waals surface area contributed by atoms with Crippen molar-refractivity contribution in [3.05, 3.63) is 23.8 Å². The number of carbonyl (C=O) groups is 1. The Morgan fingerprint density at radius 2 is 2.13 bits per heavy atom. The van der Waals surface area contributed by atoms with E-state index in [4.69, 9.17) is 9.47 Å². The van der Waals surface area contributed by atoms with Gasteiger partial charge in [0.1, 0.15) is 5.75 Å². The molecule has 2 fully saturated rings. The molecule has 5 nitrogen and oxygen atoms in total. The largest absolute Gasteiger partial charge is 0.495 e. The minimum atomic E-state index is -0.472. The zero-order valence-electron chi connectivity index (χ0n) is 13.9. The van der Waals surface area contributed by atoms with Gasteiger partial charge in [-0.2, -0.15) is 0 Å². The molecule has 1 saturated carbocycles. The van der Waals surface area contributed by atoms with Crippen LogP contribution in [-0.2, 0) is 9.53 Å². The summed E-state index contributed by atoms with van der Waals surface area (Å²) in [6.07, 6.45) is 3.13. The molecule has 126 valence electrons. The number of anilines is 1. The van der Waals surface area contributed by atoms with E-state index < -0.39 is 5.41 Å². The second kappa shape index (κ2) is 6.13. The maximum Gasteiger partial charge on any atom is 0.231 e. The Hall–Kier alpha value is -1.59. The summed E-state index contributed by atoms with van der Waals surface area (Å²) in [5.41, 5.74) is 1.29. The van der Waals surface area contributed by atoms with E-state index in [1.165, 1.54) is 0 Å². The zero-order valence-corrected chi connectivity index (χ0v) is 13.9. The summed E-state index contributed by atoms with van der Waals surface area (Å²) in [7, 11) is 1.60. The van der Waals surface area contributed by atoms with Crippen molar-refractivity contribution in [3.63, 3.8) is 0 Å². The molecule has 0 bridgehead atoms. The zero-order chi connectivity index (χ0) is 16.5. The predicted molar refractivity (Wildman–Crippen MR) is 87.6 cm³/mol. The van der Waals surface area contributed by atoms with Crippen LogP contribution in [0.15, 0.2) is 18.2 Å². The van der Waals surface area contributed by atoms with Gasteiger partial charge in [-0.15, -0.1) is 0 Å². The average Bonchev–Trinajstić information content (AvgIpc) is 3.15. The standard InChI is InChI=1S/C18H25NO4/c1-13-3-4-15(22-2)14(11-13)19-16(21)18(5-8-20)12-17(18)6-9-23-10-7-17/h3-4,11,20H,5-10,12H2,1-2H3,(H,19,21). The van der Waals surface area contributed by atoms with E-state index in [9.17, 15) is 9.90 Å². The summed E-state index contributed by atoms with van der Waals surface area (Å²) in [5.74, 6) is 0.655. The summed E-state index contributed by atoms with van der Waals surface area (Å²) in [6, 6.07) is 5.73. The highest BCUT2D eigenvalue weighted by Gasteiger charge is 2.70. The SMILES string of the molecule is COc1ccc(C)cc1NC(=O)C1(CCO)CC12CCOCC2. The summed E-state index contributed by atoms with van der Waals surface area (Å²) in [5, 5.41) is 12.5. The van der Waals surface area contributed by atoms with Crippen LogP contribution in [0.1, 0.15) is 31.2 Å². The normalized spacial score (nSPS) is 25.2. The highest BCUT2D eigenvalue weighted by molar-refractivity contribution is 5.99. The van der Waals surface area contributed by atoms with E-state index >= 15 is 0 Å². The van der Waals surface area contributed by atoms with E-state index in [1.54, 1.807) is 7.11 Å². The fraction of sp³-hybridized carbons (Fsp3) is 0.611. The van der Waals surface area contributed by atoms with Gasteiger partial charge in [-0.1, -0.05) is 6.07 Å². The number of ether oxygens (including phenoxy) is 2. The van der Waals surface area contributed by atoms with Gasteiger partial charge in [0.25, 0.3) is 0 Å². The van der Waals surface area contributed by atoms with Gasteiger partial charge in [0.15, 0.2) is 0 Å². The lowest BCUT2D eigenvalue weighted by molar-refractivity contribution is -0.124. The third-order valence-corrected chi connectivity index (χ3v) is 5.56. The number of aryl methyl sites for hydroxylation is 1. The topological polar surface area (TPSA) is 67.8 Å². The highest BCUT2D eigenvalue weighted by atomic mass is 16.5. The first kappa shape index (κ1) is 16.3. The number of carbonyl (C=O) groups excluding carboxylic acids is 1. The molecule has 1 amide bonds. The van der Waals surface area contributed by atoms with Gasteiger partial charge in [-0.3, -0.25) is 4.79 Å². The Balaban J connectivity index is 1.82. The van der Waals surface area contributed by atoms with E-state index in [0.717, 1.165) is 24.8 Å². The van der Waals surface area contributed by atoms with Crippen molar-refractivity contribution in [3.8, 4) is 5.75 Å². The van der Waals surface area contributed by atoms with Crippen LogP contribution in [0.25, 0.3) is 0 Å². The third kappa shape index (κ3) is 2.72. The lowest BCUT2D eigenvalue weighted by Gasteiger charge is -2.28. The molecule has 1 aromatic carbocycles. The van der Waals surface area contributed by atoms with Gasteiger partial charge in [0.2, 0.25) is 5.91 Å². The molecule has 1 atom stereocenters. The Kier molecular flexibility index (Phi) is 4.34.